The average Bonchev–Trinajstić information content (AvgIpc) is 2.78. The van der Waals surface area contributed by atoms with Crippen LogP contribution in [0.1, 0.15) is 31.4 Å². The van der Waals surface area contributed by atoms with Crippen molar-refractivity contribution in [1.82, 2.24) is 10.6 Å². The zero-order chi connectivity index (χ0) is 22.3. The molecule has 0 aliphatic heterocycles. The SMILES string of the molecule is CCOc1ccc(/C=C/C(=O)NCCCNC(=O)/C=C/c2ccc(OCC)cc2)cc1. The molecule has 2 rings (SSSR count). The Labute approximate surface area is 184 Å². The Morgan fingerprint density at radius 2 is 1.10 bits per heavy atom. The molecule has 0 unspecified atom stereocenters. The highest BCUT2D eigenvalue weighted by molar-refractivity contribution is 5.92. The Hall–Kier alpha value is -3.54. The summed E-state index contributed by atoms with van der Waals surface area (Å²) in [6.45, 7) is 6.08. The highest BCUT2D eigenvalue weighted by Crippen LogP contribution is 2.13. The first-order valence-corrected chi connectivity index (χ1v) is 10.5. The summed E-state index contributed by atoms with van der Waals surface area (Å²) in [4.78, 5) is 23.8. The summed E-state index contributed by atoms with van der Waals surface area (Å²) >= 11 is 0. The second-order valence-corrected chi connectivity index (χ2v) is 6.61. The van der Waals surface area contributed by atoms with Crippen LogP contribution < -0.4 is 20.1 Å². The average molecular weight is 423 g/mol. The molecule has 2 amide bonds. The van der Waals surface area contributed by atoms with Crippen LogP contribution in [0.15, 0.2) is 60.7 Å². The van der Waals surface area contributed by atoms with Crippen molar-refractivity contribution in [2.75, 3.05) is 26.3 Å². The van der Waals surface area contributed by atoms with Gasteiger partial charge in [-0.25, -0.2) is 0 Å². The van der Waals surface area contributed by atoms with E-state index in [1.807, 2.05) is 62.4 Å². The molecule has 0 bridgehead atoms. The van der Waals surface area contributed by atoms with E-state index in [1.54, 1.807) is 12.2 Å². The fourth-order valence-electron chi connectivity index (χ4n) is 2.66. The maximum atomic E-state index is 11.9. The molecule has 2 aromatic rings. The third kappa shape index (κ3) is 9.67. The summed E-state index contributed by atoms with van der Waals surface area (Å²) in [6, 6.07) is 15.1. The third-order valence-corrected chi connectivity index (χ3v) is 4.19. The summed E-state index contributed by atoms with van der Waals surface area (Å²) in [6.07, 6.45) is 7.13. The fraction of sp³-hybridized carbons (Fsp3) is 0.280. The normalized spacial score (nSPS) is 10.9. The number of amides is 2. The van der Waals surface area contributed by atoms with Gasteiger partial charge in [0.25, 0.3) is 0 Å². The van der Waals surface area contributed by atoms with Crippen LogP contribution >= 0.6 is 0 Å². The monoisotopic (exact) mass is 422 g/mol. The highest BCUT2D eigenvalue weighted by Gasteiger charge is 1.98. The molecule has 6 nitrogen and oxygen atoms in total. The number of hydrogen-bond acceptors (Lipinski definition) is 4. The Morgan fingerprint density at radius 1 is 0.710 bits per heavy atom. The van der Waals surface area contributed by atoms with Gasteiger partial charge in [-0.05, 0) is 67.8 Å². The number of rotatable bonds is 12. The van der Waals surface area contributed by atoms with Gasteiger partial charge < -0.3 is 20.1 Å². The Morgan fingerprint density at radius 3 is 1.45 bits per heavy atom. The van der Waals surface area contributed by atoms with Crippen LogP contribution in [0, 0.1) is 0 Å². The van der Waals surface area contributed by atoms with Crippen molar-refractivity contribution in [2.45, 2.75) is 20.3 Å². The number of carbonyl (C=O) groups is 2. The highest BCUT2D eigenvalue weighted by atomic mass is 16.5. The van der Waals surface area contributed by atoms with Crippen LogP contribution in [0.2, 0.25) is 0 Å². The lowest BCUT2D eigenvalue weighted by atomic mass is 10.2. The predicted molar refractivity (Wildman–Crippen MR) is 124 cm³/mol. The lowest BCUT2D eigenvalue weighted by Gasteiger charge is -2.04. The number of hydrogen-bond donors (Lipinski definition) is 2. The van der Waals surface area contributed by atoms with E-state index >= 15 is 0 Å². The van der Waals surface area contributed by atoms with Crippen molar-refractivity contribution in [3.8, 4) is 11.5 Å². The number of nitrogens with one attached hydrogen (secondary N) is 2. The maximum absolute atomic E-state index is 11.9. The largest absolute Gasteiger partial charge is 0.494 e. The van der Waals surface area contributed by atoms with Crippen molar-refractivity contribution in [3.05, 3.63) is 71.8 Å². The zero-order valence-corrected chi connectivity index (χ0v) is 18.1. The van der Waals surface area contributed by atoms with Crippen LogP contribution in [0.3, 0.4) is 0 Å². The zero-order valence-electron chi connectivity index (χ0n) is 18.1. The fourth-order valence-corrected chi connectivity index (χ4v) is 2.66. The molecule has 0 aliphatic carbocycles. The van der Waals surface area contributed by atoms with E-state index in [4.69, 9.17) is 9.47 Å². The summed E-state index contributed by atoms with van der Waals surface area (Å²) in [5, 5.41) is 5.60. The van der Waals surface area contributed by atoms with E-state index in [2.05, 4.69) is 10.6 Å². The van der Waals surface area contributed by atoms with Gasteiger partial charge in [0.15, 0.2) is 0 Å². The van der Waals surface area contributed by atoms with Crippen LogP contribution in [-0.2, 0) is 9.59 Å². The molecule has 0 saturated heterocycles. The first kappa shape index (κ1) is 23.7. The van der Waals surface area contributed by atoms with E-state index < -0.39 is 0 Å². The lowest BCUT2D eigenvalue weighted by molar-refractivity contribution is -0.116. The Balaban J connectivity index is 1.61. The summed E-state index contributed by atoms with van der Waals surface area (Å²) in [7, 11) is 0. The molecule has 0 spiro atoms. The van der Waals surface area contributed by atoms with Gasteiger partial charge in [0.2, 0.25) is 11.8 Å². The Kier molecular flexibility index (Phi) is 10.4. The topological polar surface area (TPSA) is 76.7 Å². The van der Waals surface area contributed by atoms with Crippen molar-refractivity contribution in [1.29, 1.82) is 0 Å². The minimum Gasteiger partial charge on any atom is -0.494 e. The van der Waals surface area contributed by atoms with E-state index in [1.165, 1.54) is 12.2 Å². The molecule has 0 atom stereocenters. The summed E-state index contributed by atoms with van der Waals surface area (Å²) in [5.74, 6) is 1.27. The number of ether oxygens (including phenoxy) is 2. The molecule has 31 heavy (non-hydrogen) atoms. The van der Waals surface area contributed by atoms with Gasteiger partial charge in [-0.2, -0.15) is 0 Å². The molecule has 0 aliphatic rings. The van der Waals surface area contributed by atoms with E-state index in [0.717, 1.165) is 22.6 Å². The van der Waals surface area contributed by atoms with Gasteiger partial charge >= 0.3 is 0 Å². The maximum Gasteiger partial charge on any atom is 0.244 e. The minimum atomic E-state index is -0.171. The van der Waals surface area contributed by atoms with Crippen molar-refractivity contribution >= 4 is 24.0 Å². The molecule has 6 heteroatoms. The third-order valence-electron chi connectivity index (χ3n) is 4.19. The van der Waals surface area contributed by atoms with Gasteiger partial charge in [-0.15, -0.1) is 0 Å². The molecular formula is C25H30N2O4. The molecule has 2 aromatic carbocycles. The van der Waals surface area contributed by atoms with Gasteiger partial charge in [0, 0.05) is 25.2 Å². The van der Waals surface area contributed by atoms with E-state index in [9.17, 15) is 9.59 Å². The van der Waals surface area contributed by atoms with Crippen LogP contribution in [-0.4, -0.2) is 38.1 Å². The molecule has 2 N–H and O–H groups in total. The quantitative estimate of drug-likeness (QED) is 0.403. The summed E-state index contributed by atoms with van der Waals surface area (Å²) < 4.78 is 10.8. The van der Waals surface area contributed by atoms with Crippen LogP contribution in [0.25, 0.3) is 12.2 Å². The standard InChI is InChI=1S/C25H30N2O4/c1-3-30-22-12-6-20(7-13-22)10-16-24(28)26-18-5-19-27-25(29)17-11-21-8-14-23(15-9-21)31-4-2/h6-17H,3-5,18-19H2,1-2H3,(H,26,28)(H,27,29)/b16-10+,17-11+. The predicted octanol–water partition coefficient (Wildman–Crippen LogP) is 3.83. The first-order valence-electron chi connectivity index (χ1n) is 10.5. The second kappa shape index (κ2) is 13.6. The number of benzene rings is 2. The summed E-state index contributed by atoms with van der Waals surface area (Å²) in [5.41, 5.74) is 1.84. The van der Waals surface area contributed by atoms with Crippen molar-refractivity contribution in [2.24, 2.45) is 0 Å². The van der Waals surface area contributed by atoms with Gasteiger partial charge in [0.1, 0.15) is 11.5 Å². The first-order chi connectivity index (χ1) is 15.1. The van der Waals surface area contributed by atoms with Gasteiger partial charge in [-0.1, -0.05) is 24.3 Å². The van der Waals surface area contributed by atoms with Crippen LogP contribution in [0.4, 0.5) is 0 Å². The molecule has 164 valence electrons. The number of carbonyl (C=O) groups excluding carboxylic acids is 2. The second-order valence-electron chi connectivity index (χ2n) is 6.61. The van der Waals surface area contributed by atoms with Gasteiger partial charge in [-0.3, -0.25) is 9.59 Å². The molecule has 0 radical (unpaired) electrons. The van der Waals surface area contributed by atoms with E-state index in [-0.39, 0.29) is 11.8 Å². The molecule has 0 fully saturated rings. The molecule has 0 aromatic heterocycles. The van der Waals surface area contributed by atoms with Gasteiger partial charge in [0.05, 0.1) is 13.2 Å². The van der Waals surface area contributed by atoms with E-state index in [0.29, 0.717) is 32.7 Å². The van der Waals surface area contributed by atoms with Crippen molar-refractivity contribution < 1.29 is 19.1 Å². The minimum absolute atomic E-state index is 0.171. The molecule has 0 heterocycles. The molecule has 0 saturated carbocycles. The lowest BCUT2D eigenvalue weighted by Crippen LogP contribution is -2.28. The van der Waals surface area contributed by atoms with Crippen molar-refractivity contribution in [3.63, 3.8) is 0 Å². The smallest absolute Gasteiger partial charge is 0.244 e. The Bertz CT molecular complexity index is 798. The van der Waals surface area contributed by atoms with Crippen LogP contribution in [0.5, 0.6) is 11.5 Å². The molecular weight excluding hydrogens is 392 g/mol.